The Bertz CT molecular complexity index is 1250. The Morgan fingerprint density at radius 3 is 2.08 bits per heavy atom. The van der Waals surface area contributed by atoms with E-state index in [1.54, 1.807) is 11.8 Å². The van der Waals surface area contributed by atoms with Gasteiger partial charge in [0.2, 0.25) is 5.71 Å². The Morgan fingerprint density at radius 1 is 0.861 bits per heavy atom. The number of benzene rings is 3. The lowest BCUT2D eigenvalue weighted by atomic mass is 10.1. The van der Waals surface area contributed by atoms with E-state index in [2.05, 4.69) is 66.3 Å². The molecule has 0 aromatic heterocycles. The van der Waals surface area contributed by atoms with Crippen molar-refractivity contribution < 1.29 is 4.74 Å². The molecular formula is C30H34N4OS. The van der Waals surface area contributed by atoms with E-state index in [0.29, 0.717) is 6.54 Å². The molecule has 3 aromatic rings. The first-order valence-electron chi connectivity index (χ1n) is 12.7. The van der Waals surface area contributed by atoms with Crippen molar-refractivity contribution >= 4 is 28.3 Å². The van der Waals surface area contributed by atoms with E-state index in [4.69, 9.17) is 4.99 Å². The third-order valence-electron chi connectivity index (χ3n) is 7.16. The number of hydrogen-bond acceptors (Lipinski definition) is 4. The van der Waals surface area contributed by atoms with Crippen molar-refractivity contribution in [2.45, 2.75) is 38.9 Å². The van der Waals surface area contributed by atoms with Gasteiger partial charge in [0.05, 0.1) is 5.56 Å². The number of thioether (sulfide) groups is 1. The zero-order chi connectivity index (χ0) is 25.1. The van der Waals surface area contributed by atoms with Gasteiger partial charge in [0, 0.05) is 24.3 Å². The lowest BCUT2D eigenvalue weighted by molar-refractivity contribution is -0.547. The van der Waals surface area contributed by atoms with Crippen LogP contribution in [0.1, 0.15) is 41.5 Å². The van der Waals surface area contributed by atoms with Crippen LogP contribution >= 0.6 is 11.8 Å². The molecule has 5 rings (SSSR count). The van der Waals surface area contributed by atoms with Gasteiger partial charge in [0.25, 0.3) is 0 Å². The smallest absolute Gasteiger partial charge is 0.379 e. The van der Waals surface area contributed by atoms with Gasteiger partial charge in [0.1, 0.15) is 6.54 Å². The van der Waals surface area contributed by atoms with Gasteiger partial charge >= 0.3 is 5.79 Å². The fourth-order valence-electron chi connectivity index (χ4n) is 5.14. The maximum atomic E-state index is 14.6. The monoisotopic (exact) mass is 498 g/mol. The van der Waals surface area contributed by atoms with Crippen LogP contribution in [0.25, 0.3) is 0 Å². The molecule has 2 heterocycles. The summed E-state index contributed by atoms with van der Waals surface area (Å²) in [7, 11) is 0. The van der Waals surface area contributed by atoms with Crippen LogP contribution in [0.5, 0.6) is 0 Å². The summed E-state index contributed by atoms with van der Waals surface area (Å²) in [6.07, 6.45) is 5.62. The average Bonchev–Trinajstić information content (AvgIpc) is 3.22. The minimum absolute atomic E-state index is 0.468. The molecule has 6 heteroatoms. The molecule has 1 saturated heterocycles. The van der Waals surface area contributed by atoms with E-state index in [1.165, 1.54) is 17.5 Å². The quantitative estimate of drug-likeness (QED) is 0.188. The highest BCUT2D eigenvalue weighted by Crippen LogP contribution is 2.41. The third kappa shape index (κ3) is 4.50. The van der Waals surface area contributed by atoms with Gasteiger partial charge in [-0.3, -0.25) is 4.90 Å². The number of anilines is 1. The Hall–Kier alpha value is -3.25. The maximum Gasteiger partial charge on any atom is 0.379 e. The Morgan fingerprint density at radius 2 is 1.47 bits per heavy atom. The highest BCUT2D eigenvalue weighted by Gasteiger charge is 2.55. The van der Waals surface area contributed by atoms with Gasteiger partial charge in [-0.05, 0) is 75.8 Å². The summed E-state index contributed by atoms with van der Waals surface area (Å²) < 4.78 is 1.16. The van der Waals surface area contributed by atoms with Crippen LogP contribution in [-0.4, -0.2) is 46.4 Å². The second kappa shape index (κ2) is 10.4. The molecule has 1 atom stereocenters. The van der Waals surface area contributed by atoms with Crippen molar-refractivity contribution in [1.29, 1.82) is 0 Å². The van der Waals surface area contributed by atoms with E-state index in [9.17, 15) is 5.21 Å². The van der Waals surface area contributed by atoms with Crippen molar-refractivity contribution in [3.8, 4) is 0 Å². The van der Waals surface area contributed by atoms with Crippen molar-refractivity contribution in [2.24, 2.45) is 4.99 Å². The predicted octanol–water partition coefficient (Wildman–Crippen LogP) is 6.14. The topological polar surface area (TPSA) is 44.9 Å². The predicted molar refractivity (Wildman–Crippen MR) is 152 cm³/mol. The molecule has 0 aliphatic carbocycles. The van der Waals surface area contributed by atoms with E-state index in [-0.39, 0.29) is 0 Å². The zero-order valence-corrected chi connectivity index (χ0v) is 22.2. The number of piperidine rings is 1. The molecule has 186 valence electrons. The Balaban J connectivity index is 1.76. The van der Waals surface area contributed by atoms with Crippen LogP contribution in [0.15, 0.2) is 83.9 Å². The summed E-state index contributed by atoms with van der Waals surface area (Å²) in [5.41, 5.74) is 5.87. The second-order valence-electron chi connectivity index (χ2n) is 9.68. The maximum absolute atomic E-state index is 14.6. The molecule has 0 spiro atoms. The van der Waals surface area contributed by atoms with Crippen LogP contribution in [0.4, 0.5) is 5.69 Å². The fraction of sp³-hybridized carbons (Fsp3) is 0.333. The van der Waals surface area contributed by atoms with Crippen molar-refractivity contribution in [1.82, 2.24) is 4.90 Å². The lowest BCUT2D eigenvalue weighted by Crippen LogP contribution is -2.48. The number of amidine groups is 1. The summed E-state index contributed by atoms with van der Waals surface area (Å²) in [5.74, 6) is -1.24. The minimum atomic E-state index is -1.24. The summed E-state index contributed by atoms with van der Waals surface area (Å²) in [5, 5.41) is 15.5. The molecule has 3 aromatic carbocycles. The first kappa shape index (κ1) is 24.4. The van der Waals surface area contributed by atoms with Crippen molar-refractivity contribution in [3.05, 3.63) is 106 Å². The highest BCUT2D eigenvalue weighted by molar-refractivity contribution is 8.13. The molecule has 2 aliphatic rings. The van der Waals surface area contributed by atoms with Crippen LogP contribution in [0.3, 0.4) is 0 Å². The fourth-order valence-corrected chi connectivity index (χ4v) is 5.80. The minimum Gasteiger partial charge on any atom is -0.620 e. The molecule has 0 N–H and O–H groups in total. The Kier molecular flexibility index (Phi) is 7.06. The lowest BCUT2D eigenvalue weighted by Gasteiger charge is -2.36. The molecule has 5 nitrogen and oxygen atoms in total. The molecular weight excluding hydrogens is 464 g/mol. The van der Waals surface area contributed by atoms with Gasteiger partial charge in [-0.1, -0.05) is 65.4 Å². The molecule has 2 aliphatic heterocycles. The first-order chi connectivity index (χ1) is 17.5. The number of aliphatic imine (C=N–C) groups is 1. The van der Waals surface area contributed by atoms with Crippen molar-refractivity contribution in [3.63, 3.8) is 0 Å². The zero-order valence-electron chi connectivity index (χ0n) is 21.4. The van der Waals surface area contributed by atoms with Crippen LogP contribution in [0.2, 0.25) is 0 Å². The summed E-state index contributed by atoms with van der Waals surface area (Å²) in [6, 6.07) is 26.7. The van der Waals surface area contributed by atoms with Gasteiger partial charge < -0.3 is 10.1 Å². The average molecular weight is 499 g/mol. The molecule has 36 heavy (non-hydrogen) atoms. The number of nitrogens with zero attached hydrogens (tertiary/aromatic N) is 4. The largest absolute Gasteiger partial charge is 0.620 e. The van der Waals surface area contributed by atoms with Gasteiger partial charge in [-0.2, -0.15) is 9.73 Å². The van der Waals surface area contributed by atoms with Crippen LogP contribution in [-0.2, 0) is 5.79 Å². The van der Waals surface area contributed by atoms with Gasteiger partial charge in [0.15, 0.2) is 5.17 Å². The van der Waals surface area contributed by atoms with Crippen molar-refractivity contribution in [2.75, 3.05) is 30.8 Å². The molecule has 0 radical (unpaired) electrons. The normalized spacial score (nSPS) is 20.8. The Labute approximate surface area is 218 Å². The molecule has 0 amide bonds. The molecule has 1 unspecified atom stereocenters. The number of aryl methyl sites for hydroxylation is 2. The van der Waals surface area contributed by atoms with Crippen LogP contribution < -0.4 is 4.90 Å². The summed E-state index contributed by atoms with van der Waals surface area (Å²) in [6.45, 7) is 6.57. The van der Waals surface area contributed by atoms with Gasteiger partial charge in [-0.15, -0.1) is 0 Å². The van der Waals surface area contributed by atoms with E-state index < -0.39 is 5.79 Å². The number of hydrogen-bond donors (Lipinski definition) is 0. The number of likely N-dealkylation sites (tertiary alicyclic amines) is 1. The standard InChI is InChI=1S/C30H34N4OS/c1-23-12-16-25(17-13-23)28-22-33(27-18-14-24(2)15-19-27)30(34(28)35,26-10-6-4-7-11-26)31-29(36-3)32-20-8-5-9-21-32/h4,6-7,10-19H,5,8-9,20-22H2,1-3H3/b31-29+. The van der Waals surface area contributed by atoms with E-state index >= 15 is 0 Å². The van der Waals surface area contributed by atoms with E-state index in [0.717, 1.165) is 58.4 Å². The number of hydroxylamine groups is 1. The van der Waals surface area contributed by atoms with Gasteiger partial charge in [-0.25, -0.2) is 0 Å². The highest BCUT2D eigenvalue weighted by atomic mass is 32.2. The SMILES string of the molecule is CS/C(=N/C1(c2ccccc2)N(c2ccc(C)cc2)CC(c2ccc(C)cc2)=[N+]1[O-])N1CCCCC1. The first-order valence-corrected chi connectivity index (χ1v) is 13.9. The summed E-state index contributed by atoms with van der Waals surface area (Å²) >= 11 is 1.63. The second-order valence-corrected chi connectivity index (χ2v) is 10.4. The number of rotatable bonds is 4. The third-order valence-corrected chi connectivity index (χ3v) is 7.88. The molecule has 1 fully saturated rings. The van der Waals surface area contributed by atoms with Crippen LogP contribution in [0, 0.1) is 19.1 Å². The summed E-state index contributed by atoms with van der Waals surface area (Å²) in [4.78, 5) is 9.92. The molecule has 0 bridgehead atoms. The van der Waals surface area contributed by atoms with E-state index in [1.807, 2.05) is 42.5 Å². The molecule has 0 saturated carbocycles.